The van der Waals surface area contributed by atoms with Crippen LogP contribution in [-0.4, -0.2) is 8.32 Å². The molecule has 0 aliphatic rings. The van der Waals surface area contributed by atoms with E-state index in [0.29, 0.717) is 0 Å². The number of benzene rings is 3. The molecule has 1 nitrogen and oxygen atoms in total. The summed E-state index contributed by atoms with van der Waals surface area (Å²) in [4.78, 5) is 14.1. The maximum absolute atomic E-state index is 14.1. The van der Waals surface area contributed by atoms with Crippen molar-refractivity contribution in [2.75, 3.05) is 0 Å². The smallest absolute Gasteiger partial charge is 0.123 e. The third kappa shape index (κ3) is 2.98. The lowest BCUT2D eigenvalue weighted by molar-refractivity contribution is -0.201. The Labute approximate surface area is 137 Å². The lowest BCUT2D eigenvalue weighted by atomic mass is 10.2. The van der Waals surface area contributed by atoms with E-state index in [0.717, 1.165) is 15.9 Å². The summed E-state index contributed by atoms with van der Waals surface area (Å²) in [7, 11) is -3.24. The van der Waals surface area contributed by atoms with Gasteiger partial charge < -0.3 is 4.80 Å². The first-order valence-electron chi connectivity index (χ1n) is 7.69. The van der Waals surface area contributed by atoms with Crippen LogP contribution >= 0.6 is 0 Å². The molecule has 1 unspecified atom stereocenters. The summed E-state index contributed by atoms with van der Waals surface area (Å²) >= 11 is 0. The van der Waals surface area contributed by atoms with E-state index in [1.165, 1.54) is 12.1 Å². The number of hydrogen-bond acceptors (Lipinski definition) is 1. The SMILES string of the molecule is CC(c1ccc(F)cc1)[Si]([O-])(c1ccccc1)c1ccccc1. The van der Waals surface area contributed by atoms with Crippen LogP contribution in [0.4, 0.5) is 4.39 Å². The van der Waals surface area contributed by atoms with Gasteiger partial charge in [0.2, 0.25) is 0 Å². The maximum atomic E-state index is 14.1. The topological polar surface area (TPSA) is 23.1 Å². The van der Waals surface area contributed by atoms with E-state index in [1.54, 1.807) is 12.1 Å². The fraction of sp³-hybridized carbons (Fsp3) is 0.100. The first-order valence-corrected chi connectivity index (χ1v) is 9.68. The number of rotatable bonds is 4. The van der Waals surface area contributed by atoms with Gasteiger partial charge in [-0.15, -0.1) is 0 Å². The Morgan fingerprint density at radius 1 is 0.739 bits per heavy atom. The van der Waals surface area contributed by atoms with E-state index in [2.05, 4.69) is 0 Å². The van der Waals surface area contributed by atoms with Crippen molar-refractivity contribution in [3.8, 4) is 0 Å². The van der Waals surface area contributed by atoms with Crippen molar-refractivity contribution in [3.05, 3.63) is 96.3 Å². The third-order valence-corrected chi connectivity index (χ3v) is 8.32. The fourth-order valence-electron chi connectivity index (χ4n) is 3.02. The summed E-state index contributed by atoms with van der Waals surface area (Å²) in [5, 5.41) is 1.70. The zero-order chi connectivity index (χ0) is 16.3. The van der Waals surface area contributed by atoms with Crippen LogP contribution in [-0.2, 0) is 0 Å². The Kier molecular flexibility index (Phi) is 4.41. The molecule has 0 saturated heterocycles. The largest absolute Gasteiger partial charge is 0.851 e. The normalized spacial score (nSPS) is 12.8. The molecule has 0 spiro atoms. The van der Waals surface area contributed by atoms with Crippen LogP contribution in [0.3, 0.4) is 0 Å². The average molecular weight is 321 g/mol. The molecule has 0 aliphatic heterocycles. The van der Waals surface area contributed by atoms with Gasteiger partial charge in [0.25, 0.3) is 0 Å². The van der Waals surface area contributed by atoms with Crippen LogP contribution in [0, 0.1) is 5.82 Å². The van der Waals surface area contributed by atoms with Gasteiger partial charge in [-0.1, -0.05) is 90.1 Å². The summed E-state index contributed by atoms with van der Waals surface area (Å²) in [6, 6.07) is 25.5. The van der Waals surface area contributed by atoms with Gasteiger partial charge in [-0.3, -0.25) is 0 Å². The second-order valence-corrected chi connectivity index (χ2v) is 9.23. The van der Waals surface area contributed by atoms with E-state index >= 15 is 0 Å². The van der Waals surface area contributed by atoms with E-state index in [9.17, 15) is 9.19 Å². The van der Waals surface area contributed by atoms with Gasteiger partial charge in [0.15, 0.2) is 0 Å². The first kappa shape index (κ1) is 15.7. The molecule has 0 bridgehead atoms. The minimum absolute atomic E-state index is 0.201. The van der Waals surface area contributed by atoms with Gasteiger partial charge in [-0.05, 0) is 23.2 Å². The van der Waals surface area contributed by atoms with Crippen molar-refractivity contribution in [1.82, 2.24) is 0 Å². The van der Waals surface area contributed by atoms with E-state index < -0.39 is 8.32 Å². The highest BCUT2D eigenvalue weighted by Gasteiger charge is 2.31. The highest BCUT2D eigenvalue weighted by molar-refractivity contribution is 6.96. The molecule has 0 radical (unpaired) electrons. The summed E-state index contributed by atoms with van der Waals surface area (Å²) in [5.74, 6) is -0.279. The lowest BCUT2D eigenvalue weighted by Crippen LogP contribution is -2.72. The second-order valence-electron chi connectivity index (χ2n) is 5.74. The monoisotopic (exact) mass is 321 g/mol. The molecule has 3 aromatic carbocycles. The van der Waals surface area contributed by atoms with Crippen LogP contribution in [0.2, 0.25) is 0 Å². The molecule has 0 amide bonds. The minimum Gasteiger partial charge on any atom is -0.851 e. The van der Waals surface area contributed by atoms with Gasteiger partial charge in [0.05, 0.1) is 0 Å². The predicted octanol–water partition coefficient (Wildman–Crippen LogP) is 2.59. The van der Waals surface area contributed by atoms with Crippen molar-refractivity contribution in [3.63, 3.8) is 0 Å². The zero-order valence-corrected chi connectivity index (χ0v) is 13.9. The van der Waals surface area contributed by atoms with Crippen molar-refractivity contribution in [2.45, 2.75) is 12.5 Å². The van der Waals surface area contributed by atoms with Crippen molar-refractivity contribution < 1.29 is 9.19 Å². The van der Waals surface area contributed by atoms with Crippen LogP contribution < -0.4 is 15.2 Å². The minimum atomic E-state index is -3.24. The lowest BCUT2D eigenvalue weighted by Gasteiger charge is -2.45. The average Bonchev–Trinajstić information content (AvgIpc) is 2.62. The van der Waals surface area contributed by atoms with Gasteiger partial charge >= 0.3 is 0 Å². The Hall–Kier alpha value is -2.23. The van der Waals surface area contributed by atoms with Crippen molar-refractivity contribution in [1.29, 1.82) is 0 Å². The molecule has 3 rings (SSSR count). The van der Waals surface area contributed by atoms with Gasteiger partial charge in [-0.2, -0.15) is 0 Å². The summed E-state index contributed by atoms with van der Waals surface area (Å²) in [6.45, 7) is 1.96. The summed E-state index contributed by atoms with van der Waals surface area (Å²) in [6.07, 6.45) is 0. The molecule has 23 heavy (non-hydrogen) atoms. The molecule has 116 valence electrons. The van der Waals surface area contributed by atoms with E-state index in [4.69, 9.17) is 0 Å². The predicted molar refractivity (Wildman–Crippen MR) is 92.7 cm³/mol. The second kappa shape index (κ2) is 6.48. The summed E-state index contributed by atoms with van der Waals surface area (Å²) < 4.78 is 13.2. The van der Waals surface area contributed by atoms with Crippen molar-refractivity contribution >= 4 is 18.7 Å². The molecular formula is C20H18FOSi-. The Morgan fingerprint density at radius 3 is 1.61 bits per heavy atom. The third-order valence-electron chi connectivity index (χ3n) is 4.39. The number of hydrogen-bond donors (Lipinski definition) is 0. The molecule has 0 N–H and O–H groups in total. The van der Waals surface area contributed by atoms with Crippen LogP contribution in [0.15, 0.2) is 84.9 Å². The van der Waals surface area contributed by atoms with Crippen molar-refractivity contribution in [2.24, 2.45) is 0 Å². The fourth-order valence-corrected chi connectivity index (χ4v) is 6.39. The van der Waals surface area contributed by atoms with Crippen LogP contribution in [0.5, 0.6) is 0 Å². The van der Waals surface area contributed by atoms with Gasteiger partial charge in [0.1, 0.15) is 5.82 Å². The van der Waals surface area contributed by atoms with Crippen LogP contribution in [0.1, 0.15) is 18.0 Å². The molecular weight excluding hydrogens is 303 g/mol. The van der Waals surface area contributed by atoms with Gasteiger partial charge in [-0.25, -0.2) is 4.39 Å². The standard InChI is InChI=1S/C20H18FOSi/c1-16(17-12-14-18(21)15-13-17)23(22,19-8-4-2-5-9-19)20-10-6-3-7-11-20/h2-16H,1H3/q-1. The highest BCUT2D eigenvalue weighted by Crippen LogP contribution is 2.23. The molecule has 1 atom stereocenters. The Bertz CT molecular complexity index is 717. The quantitative estimate of drug-likeness (QED) is 0.677. The van der Waals surface area contributed by atoms with E-state index in [1.807, 2.05) is 67.6 Å². The number of halogens is 1. The van der Waals surface area contributed by atoms with E-state index in [-0.39, 0.29) is 11.4 Å². The Morgan fingerprint density at radius 2 is 1.17 bits per heavy atom. The molecule has 0 fully saturated rings. The van der Waals surface area contributed by atoms with Crippen LogP contribution in [0.25, 0.3) is 0 Å². The molecule has 3 aromatic rings. The molecule has 0 saturated carbocycles. The summed E-state index contributed by atoms with van der Waals surface area (Å²) in [5.41, 5.74) is 0.689. The Balaban J connectivity index is 2.14. The zero-order valence-electron chi connectivity index (χ0n) is 12.9. The van der Waals surface area contributed by atoms with Gasteiger partial charge in [0, 0.05) is 8.32 Å². The molecule has 0 heterocycles. The maximum Gasteiger partial charge on any atom is 0.123 e. The first-order chi connectivity index (χ1) is 11.1. The highest BCUT2D eigenvalue weighted by atomic mass is 28.4. The molecule has 3 heteroatoms. The molecule has 0 aromatic heterocycles. The molecule has 0 aliphatic carbocycles.